The molecule has 0 heterocycles. The molecule has 0 aliphatic rings. The van der Waals surface area contributed by atoms with Crippen LogP contribution in [0.15, 0.2) is 18.2 Å². The summed E-state index contributed by atoms with van der Waals surface area (Å²) in [7, 11) is 1.84. The normalized spacial score (nSPS) is 10.7. The molecule has 108 valence electrons. The summed E-state index contributed by atoms with van der Waals surface area (Å²) in [6.45, 7) is 9.38. The van der Waals surface area contributed by atoms with Gasteiger partial charge in [-0.1, -0.05) is 32.6 Å². The van der Waals surface area contributed by atoms with E-state index in [0.717, 1.165) is 17.7 Å². The third-order valence-electron chi connectivity index (χ3n) is 2.86. The third-order valence-corrected chi connectivity index (χ3v) is 2.86. The second kappa shape index (κ2) is 6.58. The fourth-order valence-corrected chi connectivity index (χ4v) is 2.09. The fraction of sp³-hybridized carbons (Fsp3) is 0.471. The molecule has 0 aliphatic carbocycles. The van der Waals surface area contributed by atoms with Crippen molar-refractivity contribution in [1.82, 2.24) is 4.90 Å². The van der Waals surface area contributed by atoms with E-state index in [1.54, 1.807) is 4.90 Å². The van der Waals surface area contributed by atoms with Crippen LogP contribution in [0.3, 0.4) is 0 Å². The lowest BCUT2D eigenvalue weighted by Crippen LogP contribution is -2.34. The third kappa shape index (κ3) is 4.71. The first-order valence-electron chi connectivity index (χ1n) is 6.79. The van der Waals surface area contributed by atoms with E-state index in [4.69, 9.17) is 5.73 Å². The molecule has 0 saturated heterocycles. The van der Waals surface area contributed by atoms with Crippen LogP contribution in [-0.4, -0.2) is 30.9 Å². The number of benzene rings is 1. The SMILES string of the molecule is Cc1cc(C(=O)N(C)CC(C)(C)C)ccc1C#CCN. The summed E-state index contributed by atoms with van der Waals surface area (Å²) in [6.07, 6.45) is 0. The van der Waals surface area contributed by atoms with E-state index in [1.807, 2.05) is 32.2 Å². The minimum absolute atomic E-state index is 0.0429. The van der Waals surface area contributed by atoms with Crippen LogP contribution in [-0.2, 0) is 0 Å². The molecule has 3 heteroatoms. The number of hydrogen-bond acceptors (Lipinski definition) is 2. The largest absolute Gasteiger partial charge is 0.341 e. The van der Waals surface area contributed by atoms with Crippen molar-refractivity contribution in [3.63, 3.8) is 0 Å². The molecule has 1 rings (SSSR count). The summed E-state index contributed by atoms with van der Waals surface area (Å²) in [5, 5.41) is 0. The van der Waals surface area contributed by atoms with Gasteiger partial charge in [0.05, 0.1) is 6.54 Å². The molecule has 0 aromatic heterocycles. The van der Waals surface area contributed by atoms with Gasteiger partial charge >= 0.3 is 0 Å². The maximum atomic E-state index is 12.4. The molecule has 20 heavy (non-hydrogen) atoms. The zero-order chi connectivity index (χ0) is 15.3. The molecule has 1 aromatic carbocycles. The number of carbonyl (C=O) groups is 1. The molecule has 3 nitrogen and oxygen atoms in total. The van der Waals surface area contributed by atoms with Gasteiger partial charge in [0.25, 0.3) is 5.91 Å². The quantitative estimate of drug-likeness (QED) is 0.840. The van der Waals surface area contributed by atoms with Crippen LogP contribution < -0.4 is 5.73 Å². The Morgan fingerprint density at radius 2 is 2.00 bits per heavy atom. The van der Waals surface area contributed by atoms with Crippen LogP contribution in [0.2, 0.25) is 0 Å². The number of carbonyl (C=O) groups excluding carboxylic acids is 1. The molecule has 2 N–H and O–H groups in total. The van der Waals surface area contributed by atoms with Crippen molar-refractivity contribution in [3.05, 3.63) is 34.9 Å². The van der Waals surface area contributed by atoms with Gasteiger partial charge in [-0.25, -0.2) is 0 Å². The van der Waals surface area contributed by atoms with E-state index >= 15 is 0 Å². The zero-order valence-corrected chi connectivity index (χ0v) is 13.1. The highest BCUT2D eigenvalue weighted by atomic mass is 16.2. The van der Waals surface area contributed by atoms with Crippen LogP contribution in [0, 0.1) is 24.2 Å². The van der Waals surface area contributed by atoms with E-state index in [2.05, 4.69) is 32.6 Å². The van der Waals surface area contributed by atoms with Crippen molar-refractivity contribution in [1.29, 1.82) is 0 Å². The number of aryl methyl sites for hydroxylation is 1. The first-order valence-corrected chi connectivity index (χ1v) is 6.79. The number of hydrogen-bond donors (Lipinski definition) is 1. The van der Waals surface area contributed by atoms with Crippen LogP contribution in [0.25, 0.3) is 0 Å². The van der Waals surface area contributed by atoms with Crippen LogP contribution in [0.1, 0.15) is 42.3 Å². The van der Waals surface area contributed by atoms with Crippen molar-refractivity contribution >= 4 is 5.91 Å². The molecule has 0 bridgehead atoms. The second-order valence-corrected chi connectivity index (χ2v) is 6.26. The molecule has 0 atom stereocenters. The van der Waals surface area contributed by atoms with E-state index in [9.17, 15) is 4.79 Å². The van der Waals surface area contributed by atoms with E-state index in [-0.39, 0.29) is 11.3 Å². The molecule has 0 aliphatic heterocycles. The topological polar surface area (TPSA) is 46.3 Å². The number of nitrogens with zero attached hydrogens (tertiary/aromatic N) is 1. The predicted molar refractivity (Wildman–Crippen MR) is 83.5 cm³/mol. The van der Waals surface area contributed by atoms with Gasteiger partial charge in [0.2, 0.25) is 0 Å². The number of nitrogens with two attached hydrogens (primary N) is 1. The minimum atomic E-state index is 0.0429. The summed E-state index contributed by atoms with van der Waals surface area (Å²) in [4.78, 5) is 14.1. The van der Waals surface area contributed by atoms with Crippen LogP contribution in [0.5, 0.6) is 0 Å². The Hall–Kier alpha value is -1.79. The lowest BCUT2D eigenvalue weighted by Gasteiger charge is -2.26. The zero-order valence-electron chi connectivity index (χ0n) is 13.1. The van der Waals surface area contributed by atoms with E-state index in [1.165, 1.54) is 0 Å². The van der Waals surface area contributed by atoms with Gasteiger partial charge in [-0.15, -0.1) is 0 Å². The summed E-state index contributed by atoms with van der Waals surface area (Å²) in [5.74, 6) is 5.88. The fourth-order valence-electron chi connectivity index (χ4n) is 2.09. The molecule has 0 radical (unpaired) electrons. The average molecular weight is 272 g/mol. The Bertz CT molecular complexity index is 544. The molecule has 0 unspecified atom stereocenters. The second-order valence-electron chi connectivity index (χ2n) is 6.26. The maximum Gasteiger partial charge on any atom is 0.253 e. The highest BCUT2D eigenvalue weighted by Gasteiger charge is 2.19. The Balaban J connectivity index is 2.92. The minimum Gasteiger partial charge on any atom is -0.341 e. The highest BCUT2D eigenvalue weighted by Crippen LogP contribution is 2.17. The monoisotopic (exact) mass is 272 g/mol. The summed E-state index contributed by atoms with van der Waals surface area (Å²) in [5.41, 5.74) is 8.08. The number of amides is 1. The maximum absolute atomic E-state index is 12.4. The van der Waals surface area contributed by atoms with Crippen LogP contribution in [0.4, 0.5) is 0 Å². The van der Waals surface area contributed by atoms with Crippen molar-refractivity contribution in [2.45, 2.75) is 27.7 Å². The lowest BCUT2D eigenvalue weighted by atomic mass is 9.96. The van der Waals surface area contributed by atoms with Crippen LogP contribution >= 0.6 is 0 Å². The summed E-state index contributed by atoms with van der Waals surface area (Å²) in [6, 6.07) is 5.60. The molecule has 0 spiro atoms. The predicted octanol–water partition coefficient (Wildman–Crippen LogP) is 2.42. The molecular formula is C17H24N2O. The van der Waals surface area contributed by atoms with E-state index in [0.29, 0.717) is 12.1 Å². The van der Waals surface area contributed by atoms with E-state index < -0.39 is 0 Å². The van der Waals surface area contributed by atoms with Gasteiger partial charge < -0.3 is 10.6 Å². The van der Waals surface area contributed by atoms with Gasteiger partial charge in [0, 0.05) is 24.7 Å². The van der Waals surface area contributed by atoms with Crippen molar-refractivity contribution in [2.24, 2.45) is 11.1 Å². The Morgan fingerprint density at radius 1 is 1.35 bits per heavy atom. The lowest BCUT2D eigenvalue weighted by molar-refractivity contribution is 0.0745. The standard InChI is InChI=1S/C17H24N2O/c1-13-11-15(9-8-14(13)7-6-10-18)16(20)19(5)12-17(2,3)4/h8-9,11H,10,12,18H2,1-5H3. The summed E-state index contributed by atoms with van der Waals surface area (Å²) >= 11 is 0. The average Bonchev–Trinajstić information content (AvgIpc) is 2.34. The van der Waals surface area contributed by atoms with Gasteiger partial charge in [0.1, 0.15) is 0 Å². The molecule has 0 fully saturated rings. The molecule has 0 saturated carbocycles. The molecule has 1 aromatic rings. The van der Waals surface area contributed by atoms with Gasteiger partial charge in [-0.05, 0) is 36.1 Å². The first-order chi connectivity index (χ1) is 9.24. The van der Waals surface area contributed by atoms with Gasteiger partial charge in [-0.3, -0.25) is 4.79 Å². The molecular weight excluding hydrogens is 248 g/mol. The van der Waals surface area contributed by atoms with Gasteiger partial charge in [0.15, 0.2) is 0 Å². The Labute approximate surface area is 122 Å². The van der Waals surface area contributed by atoms with Crippen molar-refractivity contribution in [3.8, 4) is 11.8 Å². The smallest absolute Gasteiger partial charge is 0.253 e. The Kier molecular flexibility index (Phi) is 5.35. The van der Waals surface area contributed by atoms with Crippen molar-refractivity contribution in [2.75, 3.05) is 20.1 Å². The number of rotatable bonds is 2. The first kappa shape index (κ1) is 16.3. The molecule has 1 amide bonds. The highest BCUT2D eigenvalue weighted by molar-refractivity contribution is 5.94. The van der Waals surface area contributed by atoms with Crippen molar-refractivity contribution < 1.29 is 4.79 Å². The van der Waals surface area contributed by atoms with Gasteiger partial charge in [-0.2, -0.15) is 0 Å². The Morgan fingerprint density at radius 3 is 2.50 bits per heavy atom. The summed E-state index contributed by atoms with van der Waals surface area (Å²) < 4.78 is 0.